The highest BCUT2D eigenvalue weighted by molar-refractivity contribution is 7.11. The Morgan fingerprint density at radius 2 is 2.20 bits per heavy atom. The molecule has 0 spiro atoms. The van der Waals surface area contributed by atoms with E-state index in [0.717, 1.165) is 15.6 Å². The lowest BCUT2D eigenvalue weighted by Crippen LogP contribution is -2.21. The van der Waals surface area contributed by atoms with Crippen LogP contribution in [-0.2, 0) is 6.54 Å². The zero-order valence-electron chi connectivity index (χ0n) is 11.3. The Kier molecular flexibility index (Phi) is 5.10. The van der Waals surface area contributed by atoms with Crippen LogP contribution >= 0.6 is 22.9 Å². The topological polar surface area (TPSA) is 45.2 Å². The van der Waals surface area contributed by atoms with Crippen molar-refractivity contribution in [1.29, 1.82) is 0 Å². The zero-order valence-corrected chi connectivity index (χ0v) is 12.9. The Labute approximate surface area is 126 Å². The molecular formula is C14H16ClFN2OS. The normalized spacial score (nSPS) is 12.7. The number of halogens is 2. The molecule has 0 aliphatic heterocycles. The monoisotopic (exact) mass is 314 g/mol. The smallest absolute Gasteiger partial charge is 0.142 e. The number of aromatic nitrogens is 1. The van der Waals surface area contributed by atoms with Gasteiger partial charge in [-0.1, -0.05) is 17.7 Å². The maximum Gasteiger partial charge on any atom is 0.142 e. The lowest BCUT2D eigenvalue weighted by Gasteiger charge is -2.12. The number of rotatable bonds is 5. The molecule has 20 heavy (non-hydrogen) atoms. The summed E-state index contributed by atoms with van der Waals surface area (Å²) in [7, 11) is 0. The number of aryl methyl sites for hydroxylation is 2. The average molecular weight is 315 g/mol. The number of hydrogen-bond donors (Lipinski definition) is 2. The second-order valence-corrected chi connectivity index (χ2v) is 6.26. The Balaban J connectivity index is 1.90. The van der Waals surface area contributed by atoms with Crippen LogP contribution in [0.2, 0.25) is 5.02 Å². The number of nitrogens with one attached hydrogen (secondary N) is 1. The number of aliphatic hydroxyl groups is 1. The maximum atomic E-state index is 13.3. The van der Waals surface area contributed by atoms with Crippen molar-refractivity contribution < 1.29 is 9.50 Å². The number of thiazole rings is 1. The van der Waals surface area contributed by atoms with Gasteiger partial charge in [-0.25, -0.2) is 9.37 Å². The highest BCUT2D eigenvalue weighted by Gasteiger charge is 2.11. The van der Waals surface area contributed by atoms with Gasteiger partial charge in [0, 0.05) is 18.0 Å². The number of hydrogen-bond acceptors (Lipinski definition) is 4. The average Bonchev–Trinajstić information content (AvgIpc) is 2.71. The van der Waals surface area contributed by atoms with Crippen molar-refractivity contribution in [2.24, 2.45) is 0 Å². The predicted molar refractivity (Wildman–Crippen MR) is 79.7 cm³/mol. The number of nitrogens with zero attached hydrogens (tertiary/aromatic N) is 1. The first-order valence-corrected chi connectivity index (χ1v) is 7.43. The summed E-state index contributed by atoms with van der Waals surface area (Å²) in [6, 6.07) is 4.34. The summed E-state index contributed by atoms with van der Waals surface area (Å²) in [6.45, 7) is 4.92. The van der Waals surface area contributed by atoms with E-state index < -0.39 is 11.9 Å². The van der Waals surface area contributed by atoms with Gasteiger partial charge in [-0.3, -0.25) is 0 Å². The zero-order chi connectivity index (χ0) is 14.7. The van der Waals surface area contributed by atoms with Crippen molar-refractivity contribution in [2.45, 2.75) is 26.5 Å². The van der Waals surface area contributed by atoms with Gasteiger partial charge in [0.15, 0.2) is 0 Å². The summed E-state index contributed by atoms with van der Waals surface area (Å²) in [6.07, 6.45) is -0.768. The molecule has 0 amide bonds. The van der Waals surface area contributed by atoms with Gasteiger partial charge in [-0.05, 0) is 31.5 Å². The van der Waals surface area contributed by atoms with Crippen LogP contribution < -0.4 is 5.32 Å². The third-order valence-corrected chi connectivity index (χ3v) is 4.33. The quantitative estimate of drug-likeness (QED) is 0.889. The highest BCUT2D eigenvalue weighted by atomic mass is 35.5. The van der Waals surface area contributed by atoms with Crippen molar-refractivity contribution in [2.75, 3.05) is 6.54 Å². The fourth-order valence-corrected chi connectivity index (χ4v) is 2.92. The van der Waals surface area contributed by atoms with Crippen molar-refractivity contribution in [3.63, 3.8) is 0 Å². The van der Waals surface area contributed by atoms with Gasteiger partial charge in [0.1, 0.15) is 5.82 Å². The van der Waals surface area contributed by atoms with Gasteiger partial charge in [-0.15, -0.1) is 11.3 Å². The molecule has 108 valence electrons. The number of aliphatic hydroxyl groups excluding tert-OH is 1. The lowest BCUT2D eigenvalue weighted by atomic mass is 10.1. The van der Waals surface area contributed by atoms with E-state index in [1.807, 2.05) is 13.8 Å². The Morgan fingerprint density at radius 1 is 1.45 bits per heavy atom. The molecule has 1 unspecified atom stereocenters. The minimum absolute atomic E-state index is 0.0599. The molecule has 0 saturated carbocycles. The van der Waals surface area contributed by atoms with Crippen molar-refractivity contribution >= 4 is 22.9 Å². The van der Waals surface area contributed by atoms with E-state index in [-0.39, 0.29) is 5.02 Å². The SMILES string of the molecule is Cc1nc(C)c(CNCC(O)c2ccc(Cl)c(F)c2)s1. The van der Waals surface area contributed by atoms with E-state index in [2.05, 4.69) is 10.3 Å². The van der Waals surface area contributed by atoms with Crippen molar-refractivity contribution in [3.05, 3.63) is 50.2 Å². The third-order valence-electron chi connectivity index (χ3n) is 2.95. The fourth-order valence-electron chi connectivity index (χ4n) is 1.90. The molecule has 0 aliphatic rings. The van der Waals surface area contributed by atoms with Crippen LogP contribution in [0.15, 0.2) is 18.2 Å². The summed E-state index contributed by atoms with van der Waals surface area (Å²) in [5.41, 5.74) is 1.52. The van der Waals surface area contributed by atoms with Crippen LogP contribution in [0.3, 0.4) is 0 Å². The van der Waals surface area contributed by atoms with Gasteiger partial charge in [0.05, 0.1) is 21.8 Å². The highest BCUT2D eigenvalue weighted by Crippen LogP contribution is 2.20. The molecule has 2 rings (SSSR count). The van der Waals surface area contributed by atoms with Gasteiger partial charge >= 0.3 is 0 Å². The van der Waals surface area contributed by atoms with Crippen LogP contribution in [0.25, 0.3) is 0 Å². The Hall–Kier alpha value is -1.01. The molecule has 0 radical (unpaired) electrons. The molecular weight excluding hydrogens is 299 g/mol. The lowest BCUT2D eigenvalue weighted by molar-refractivity contribution is 0.174. The minimum Gasteiger partial charge on any atom is -0.387 e. The molecule has 1 atom stereocenters. The van der Waals surface area contributed by atoms with Gasteiger partial charge in [0.2, 0.25) is 0 Å². The third kappa shape index (κ3) is 3.76. The first-order chi connectivity index (χ1) is 9.47. The van der Waals surface area contributed by atoms with Gasteiger partial charge < -0.3 is 10.4 Å². The molecule has 0 bridgehead atoms. The second kappa shape index (κ2) is 6.63. The first-order valence-electron chi connectivity index (χ1n) is 6.24. The van der Waals surface area contributed by atoms with Crippen molar-refractivity contribution in [1.82, 2.24) is 10.3 Å². The van der Waals surface area contributed by atoms with E-state index in [1.54, 1.807) is 17.4 Å². The summed E-state index contributed by atoms with van der Waals surface area (Å²) < 4.78 is 13.3. The van der Waals surface area contributed by atoms with Crippen LogP contribution in [0.1, 0.15) is 27.2 Å². The second-order valence-electron chi connectivity index (χ2n) is 4.56. The first kappa shape index (κ1) is 15.4. The van der Waals surface area contributed by atoms with Gasteiger partial charge in [0.25, 0.3) is 0 Å². The summed E-state index contributed by atoms with van der Waals surface area (Å²) in [4.78, 5) is 5.49. The van der Waals surface area contributed by atoms with Gasteiger partial charge in [-0.2, -0.15) is 0 Å². The molecule has 2 N–H and O–H groups in total. The molecule has 0 fully saturated rings. The predicted octanol–water partition coefficient (Wildman–Crippen LogP) is 3.38. The molecule has 6 heteroatoms. The van der Waals surface area contributed by atoms with Crippen LogP contribution in [-0.4, -0.2) is 16.6 Å². The molecule has 0 aliphatic carbocycles. The molecule has 2 aromatic rings. The van der Waals surface area contributed by atoms with E-state index in [4.69, 9.17) is 11.6 Å². The van der Waals surface area contributed by atoms with Crippen LogP contribution in [0, 0.1) is 19.7 Å². The van der Waals surface area contributed by atoms with Crippen LogP contribution in [0.4, 0.5) is 4.39 Å². The molecule has 1 aromatic carbocycles. The fraction of sp³-hybridized carbons (Fsp3) is 0.357. The van der Waals surface area contributed by atoms with E-state index in [0.29, 0.717) is 18.7 Å². The number of benzene rings is 1. The van der Waals surface area contributed by atoms with E-state index in [1.165, 1.54) is 12.1 Å². The summed E-state index contributed by atoms with van der Waals surface area (Å²) in [5, 5.41) is 14.2. The Morgan fingerprint density at radius 3 is 2.80 bits per heavy atom. The maximum absolute atomic E-state index is 13.3. The summed E-state index contributed by atoms with van der Waals surface area (Å²) >= 11 is 7.25. The standard InChI is InChI=1S/C14H16ClFN2OS/c1-8-14(20-9(2)18-8)7-17-6-13(19)10-3-4-11(15)12(16)5-10/h3-5,13,17,19H,6-7H2,1-2H3. The molecule has 1 heterocycles. The van der Waals surface area contributed by atoms with Crippen LogP contribution in [0.5, 0.6) is 0 Å². The molecule has 1 aromatic heterocycles. The van der Waals surface area contributed by atoms with E-state index >= 15 is 0 Å². The largest absolute Gasteiger partial charge is 0.387 e. The summed E-state index contributed by atoms with van der Waals surface area (Å²) in [5.74, 6) is -0.517. The molecule has 3 nitrogen and oxygen atoms in total. The van der Waals surface area contributed by atoms with E-state index in [9.17, 15) is 9.50 Å². The molecule has 0 saturated heterocycles. The minimum atomic E-state index is -0.768. The van der Waals surface area contributed by atoms with Crippen molar-refractivity contribution in [3.8, 4) is 0 Å². The Bertz CT molecular complexity index is 603.